The summed E-state index contributed by atoms with van der Waals surface area (Å²) in [5, 5.41) is 8.00. The van der Waals surface area contributed by atoms with Crippen LogP contribution in [0.15, 0.2) is 12.3 Å². The normalized spacial score (nSPS) is 22.3. The lowest BCUT2D eigenvalue weighted by Gasteiger charge is -2.15. The number of anilines is 1. The van der Waals surface area contributed by atoms with E-state index in [1.165, 1.54) is 0 Å². The quantitative estimate of drug-likeness (QED) is 0.673. The molecule has 1 aliphatic heterocycles. The second-order valence-electron chi connectivity index (χ2n) is 3.59. The maximum absolute atomic E-state index is 5.81. The van der Waals surface area contributed by atoms with Gasteiger partial charge in [0.05, 0.1) is 6.20 Å². The van der Waals surface area contributed by atoms with Crippen molar-refractivity contribution in [3.8, 4) is 0 Å². The summed E-state index contributed by atoms with van der Waals surface area (Å²) in [6.45, 7) is 3.92. The topological polar surface area (TPSA) is 55.0 Å². The smallest absolute Gasteiger partial charge is 0.151 e. The van der Waals surface area contributed by atoms with Crippen LogP contribution < -0.4 is 10.6 Å². The highest BCUT2D eigenvalue weighted by Crippen LogP contribution is 2.16. The van der Waals surface area contributed by atoms with Gasteiger partial charge >= 0.3 is 0 Å². The summed E-state index contributed by atoms with van der Waals surface area (Å²) in [7, 11) is 0. The molecule has 1 aliphatic rings. The molecular formula is C9H14N4. The van der Waals surface area contributed by atoms with Crippen LogP contribution in [0.25, 0.3) is 0 Å². The van der Waals surface area contributed by atoms with E-state index < -0.39 is 0 Å². The van der Waals surface area contributed by atoms with Gasteiger partial charge in [0.25, 0.3) is 0 Å². The molecule has 13 heavy (non-hydrogen) atoms. The van der Waals surface area contributed by atoms with Gasteiger partial charge in [-0.2, -0.15) is 5.10 Å². The molecule has 1 unspecified atom stereocenters. The third kappa shape index (κ3) is 1.78. The summed E-state index contributed by atoms with van der Waals surface area (Å²) in [4.78, 5) is 2.19. The van der Waals surface area contributed by atoms with Gasteiger partial charge in [0.15, 0.2) is 5.82 Å². The fourth-order valence-electron chi connectivity index (χ4n) is 1.60. The Morgan fingerprint density at radius 3 is 3.08 bits per heavy atom. The van der Waals surface area contributed by atoms with Crippen molar-refractivity contribution < 1.29 is 0 Å². The van der Waals surface area contributed by atoms with Crippen LogP contribution >= 0.6 is 0 Å². The summed E-state index contributed by atoms with van der Waals surface area (Å²) < 4.78 is 0. The number of nitrogens with zero attached hydrogens (tertiary/aromatic N) is 3. The highest BCUT2D eigenvalue weighted by molar-refractivity contribution is 5.40. The Morgan fingerprint density at radius 2 is 2.46 bits per heavy atom. The van der Waals surface area contributed by atoms with E-state index in [1.54, 1.807) is 6.20 Å². The van der Waals surface area contributed by atoms with E-state index in [0.29, 0.717) is 6.04 Å². The molecule has 2 rings (SSSR count). The predicted octanol–water partition coefficient (Wildman–Crippen LogP) is 0.322. The van der Waals surface area contributed by atoms with Crippen molar-refractivity contribution in [2.45, 2.75) is 19.4 Å². The fraction of sp³-hybridized carbons (Fsp3) is 0.556. The van der Waals surface area contributed by atoms with Crippen molar-refractivity contribution >= 4 is 5.82 Å². The molecule has 2 N–H and O–H groups in total. The Balaban J connectivity index is 2.16. The van der Waals surface area contributed by atoms with Gasteiger partial charge < -0.3 is 10.6 Å². The maximum Gasteiger partial charge on any atom is 0.151 e. The van der Waals surface area contributed by atoms with E-state index in [4.69, 9.17) is 5.73 Å². The molecule has 1 fully saturated rings. The summed E-state index contributed by atoms with van der Waals surface area (Å²) in [5.41, 5.74) is 6.95. The lowest BCUT2D eigenvalue weighted by Crippen LogP contribution is -2.27. The van der Waals surface area contributed by atoms with Gasteiger partial charge in [-0.05, 0) is 25.0 Å². The molecular weight excluding hydrogens is 164 g/mol. The molecule has 4 heteroatoms. The SMILES string of the molecule is Cc1cnnc(N2CCC(N)C2)c1. The molecule has 1 saturated heterocycles. The molecule has 4 nitrogen and oxygen atoms in total. The number of rotatable bonds is 1. The molecule has 0 radical (unpaired) electrons. The minimum Gasteiger partial charge on any atom is -0.354 e. The minimum atomic E-state index is 0.294. The highest BCUT2D eigenvalue weighted by atomic mass is 15.3. The first-order chi connectivity index (χ1) is 6.25. The molecule has 0 bridgehead atoms. The zero-order valence-electron chi connectivity index (χ0n) is 7.77. The minimum absolute atomic E-state index is 0.294. The van der Waals surface area contributed by atoms with Crippen LogP contribution in [0.4, 0.5) is 5.82 Å². The molecule has 1 atom stereocenters. The van der Waals surface area contributed by atoms with Gasteiger partial charge in [0, 0.05) is 19.1 Å². The van der Waals surface area contributed by atoms with Gasteiger partial charge in [-0.25, -0.2) is 0 Å². The number of hydrogen-bond acceptors (Lipinski definition) is 4. The Labute approximate surface area is 77.8 Å². The van der Waals surface area contributed by atoms with Crippen molar-refractivity contribution in [1.29, 1.82) is 0 Å². The summed E-state index contributed by atoms with van der Waals surface area (Å²) in [6, 6.07) is 2.34. The van der Waals surface area contributed by atoms with E-state index in [-0.39, 0.29) is 0 Å². The second kappa shape index (κ2) is 3.30. The summed E-state index contributed by atoms with van der Waals surface area (Å²) >= 11 is 0. The molecule has 2 heterocycles. The Hall–Kier alpha value is -1.16. The molecule has 0 aromatic carbocycles. The van der Waals surface area contributed by atoms with Gasteiger partial charge in [-0.3, -0.25) is 0 Å². The van der Waals surface area contributed by atoms with Crippen LogP contribution in [0.5, 0.6) is 0 Å². The van der Waals surface area contributed by atoms with Crippen molar-refractivity contribution in [2.24, 2.45) is 5.73 Å². The molecule has 0 spiro atoms. The Morgan fingerprint density at radius 1 is 1.62 bits per heavy atom. The van der Waals surface area contributed by atoms with Crippen LogP contribution in [0.2, 0.25) is 0 Å². The number of nitrogens with two attached hydrogens (primary N) is 1. The van der Waals surface area contributed by atoms with E-state index in [0.717, 1.165) is 30.9 Å². The highest BCUT2D eigenvalue weighted by Gasteiger charge is 2.20. The Kier molecular flexibility index (Phi) is 2.14. The first kappa shape index (κ1) is 8.44. The van der Waals surface area contributed by atoms with Crippen molar-refractivity contribution in [1.82, 2.24) is 10.2 Å². The summed E-state index contributed by atoms with van der Waals surface area (Å²) in [6.07, 6.45) is 2.81. The molecule has 70 valence electrons. The lowest BCUT2D eigenvalue weighted by atomic mass is 10.3. The zero-order valence-corrected chi connectivity index (χ0v) is 7.77. The lowest BCUT2D eigenvalue weighted by molar-refractivity contribution is 0.750. The zero-order chi connectivity index (χ0) is 9.26. The van der Waals surface area contributed by atoms with Crippen molar-refractivity contribution in [3.05, 3.63) is 17.8 Å². The first-order valence-electron chi connectivity index (χ1n) is 4.55. The van der Waals surface area contributed by atoms with Gasteiger partial charge in [0.1, 0.15) is 0 Å². The maximum atomic E-state index is 5.81. The van der Waals surface area contributed by atoms with Crippen LogP contribution in [0.3, 0.4) is 0 Å². The average Bonchev–Trinajstić information content (AvgIpc) is 2.52. The molecule has 1 aromatic heterocycles. The van der Waals surface area contributed by atoms with E-state index in [1.807, 2.05) is 13.0 Å². The monoisotopic (exact) mass is 178 g/mol. The molecule has 1 aromatic rings. The van der Waals surface area contributed by atoms with E-state index in [2.05, 4.69) is 15.1 Å². The van der Waals surface area contributed by atoms with Gasteiger partial charge in [-0.1, -0.05) is 0 Å². The van der Waals surface area contributed by atoms with Crippen LogP contribution in [0, 0.1) is 6.92 Å². The Bertz CT molecular complexity index is 299. The van der Waals surface area contributed by atoms with Crippen LogP contribution in [0.1, 0.15) is 12.0 Å². The fourth-order valence-corrected chi connectivity index (χ4v) is 1.60. The largest absolute Gasteiger partial charge is 0.354 e. The first-order valence-corrected chi connectivity index (χ1v) is 4.55. The van der Waals surface area contributed by atoms with Gasteiger partial charge in [0.2, 0.25) is 0 Å². The standard InChI is InChI=1S/C9H14N4/c1-7-4-9(12-11-5-7)13-3-2-8(10)6-13/h4-5,8H,2-3,6,10H2,1H3. The van der Waals surface area contributed by atoms with Crippen molar-refractivity contribution in [3.63, 3.8) is 0 Å². The third-order valence-corrected chi connectivity index (χ3v) is 2.33. The van der Waals surface area contributed by atoms with Crippen LogP contribution in [-0.4, -0.2) is 29.3 Å². The predicted molar refractivity (Wildman–Crippen MR) is 51.6 cm³/mol. The second-order valence-corrected chi connectivity index (χ2v) is 3.59. The summed E-state index contributed by atoms with van der Waals surface area (Å²) in [5.74, 6) is 0.952. The number of hydrogen-bond donors (Lipinski definition) is 1. The number of aryl methyl sites for hydroxylation is 1. The molecule has 0 aliphatic carbocycles. The van der Waals surface area contributed by atoms with E-state index in [9.17, 15) is 0 Å². The average molecular weight is 178 g/mol. The molecule has 0 saturated carbocycles. The number of aromatic nitrogens is 2. The van der Waals surface area contributed by atoms with Crippen LogP contribution in [-0.2, 0) is 0 Å². The third-order valence-electron chi connectivity index (χ3n) is 2.33. The van der Waals surface area contributed by atoms with Gasteiger partial charge in [-0.15, -0.1) is 5.10 Å². The van der Waals surface area contributed by atoms with Crippen molar-refractivity contribution in [2.75, 3.05) is 18.0 Å². The molecule has 0 amide bonds. The van der Waals surface area contributed by atoms with E-state index >= 15 is 0 Å².